The van der Waals surface area contributed by atoms with Crippen molar-refractivity contribution >= 4 is 0 Å². The molecule has 0 bridgehead atoms. The summed E-state index contributed by atoms with van der Waals surface area (Å²) in [6, 6.07) is 5.52. The molecule has 1 heterocycles. The topological polar surface area (TPSA) is 131 Å². The van der Waals surface area contributed by atoms with Crippen LogP contribution in [0.3, 0.4) is 0 Å². The van der Waals surface area contributed by atoms with Crippen LogP contribution in [0.2, 0.25) is 0 Å². The first kappa shape index (κ1) is 14.4. The molecular weight excluding hydrogens is 260 g/mol. The number of rotatable bonds is 5. The molecule has 1 aromatic carbocycles. The van der Waals surface area contributed by atoms with Crippen molar-refractivity contribution in [3.05, 3.63) is 41.6 Å². The first-order valence-corrected chi connectivity index (χ1v) is 6.28. The van der Waals surface area contributed by atoms with E-state index in [1.807, 2.05) is 0 Å². The highest BCUT2D eigenvalue weighted by molar-refractivity contribution is 5.26. The molecule has 108 valence electrons. The number of aliphatic hydroxyl groups excluding tert-OH is 1. The van der Waals surface area contributed by atoms with Gasteiger partial charge in [-0.3, -0.25) is 0 Å². The van der Waals surface area contributed by atoms with Crippen LogP contribution in [0, 0.1) is 0 Å². The van der Waals surface area contributed by atoms with Gasteiger partial charge in [0.2, 0.25) is 11.8 Å². The van der Waals surface area contributed by atoms with E-state index >= 15 is 0 Å². The molecule has 1 aromatic heterocycles. The van der Waals surface area contributed by atoms with Gasteiger partial charge in [0.1, 0.15) is 11.8 Å². The maximum absolute atomic E-state index is 9.38. The lowest BCUT2D eigenvalue weighted by Gasteiger charge is -2.10. The van der Waals surface area contributed by atoms with E-state index in [1.54, 1.807) is 31.2 Å². The van der Waals surface area contributed by atoms with Gasteiger partial charge in [-0.05, 0) is 31.0 Å². The number of nitrogens with two attached hydrogens (primary N) is 2. The number of aromatic hydroxyl groups is 1. The van der Waals surface area contributed by atoms with Crippen molar-refractivity contribution in [2.75, 3.05) is 0 Å². The Bertz CT molecular complexity index is 553. The van der Waals surface area contributed by atoms with Gasteiger partial charge in [-0.15, -0.1) is 10.2 Å². The minimum Gasteiger partial charge on any atom is -0.508 e. The van der Waals surface area contributed by atoms with Crippen molar-refractivity contribution in [2.45, 2.75) is 31.5 Å². The van der Waals surface area contributed by atoms with Crippen molar-refractivity contribution in [3.63, 3.8) is 0 Å². The lowest BCUT2D eigenvalue weighted by Crippen LogP contribution is -2.23. The summed E-state index contributed by atoms with van der Waals surface area (Å²) in [6.07, 6.45) is -0.289. The zero-order valence-electron chi connectivity index (χ0n) is 11.1. The van der Waals surface area contributed by atoms with Crippen LogP contribution in [0.4, 0.5) is 0 Å². The maximum Gasteiger partial charge on any atom is 0.235 e. The Morgan fingerprint density at radius 2 is 1.75 bits per heavy atom. The Kier molecular flexibility index (Phi) is 4.33. The molecule has 7 heteroatoms. The molecule has 0 fully saturated rings. The Labute approximate surface area is 116 Å². The molecule has 0 aliphatic carbocycles. The van der Waals surface area contributed by atoms with E-state index in [-0.39, 0.29) is 17.5 Å². The smallest absolute Gasteiger partial charge is 0.235 e. The van der Waals surface area contributed by atoms with Crippen LogP contribution in [0.5, 0.6) is 5.75 Å². The maximum atomic E-state index is 9.38. The van der Waals surface area contributed by atoms with E-state index in [4.69, 9.17) is 15.9 Å². The summed E-state index contributed by atoms with van der Waals surface area (Å²) in [5, 5.41) is 26.2. The highest BCUT2D eigenvalue weighted by Gasteiger charge is 2.21. The first-order valence-electron chi connectivity index (χ1n) is 6.28. The fraction of sp³-hybridized carbons (Fsp3) is 0.385. The molecule has 7 nitrogen and oxygen atoms in total. The highest BCUT2D eigenvalue weighted by atomic mass is 16.4. The monoisotopic (exact) mass is 278 g/mol. The number of hydrogen-bond acceptors (Lipinski definition) is 7. The van der Waals surface area contributed by atoms with Crippen LogP contribution in [0.1, 0.15) is 36.4 Å². The van der Waals surface area contributed by atoms with E-state index < -0.39 is 18.2 Å². The normalized spacial score (nSPS) is 15.8. The van der Waals surface area contributed by atoms with Crippen LogP contribution in [-0.4, -0.2) is 26.5 Å². The number of phenolic OH excluding ortho intramolecular Hbond substituents is 1. The Balaban J connectivity index is 2.06. The Morgan fingerprint density at radius 1 is 1.15 bits per heavy atom. The summed E-state index contributed by atoms with van der Waals surface area (Å²) in [4.78, 5) is 0. The molecular formula is C13H18N4O3. The lowest BCUT2D eigenvalue weighted by atomic mass is 10.1. The van der Waals surface area contributed by atoms with Crippen LogP contribution in [-0.2, 0) is 6.42 Å². The number of aromatic nitrogens is 2. The number of nitrogens with zero attached hydrogens (tertiary/aromatic N) is 2. The molecule has 2 rings (SSSR count). The van der Waals surface area contributed by atoms with Gasteiger partial charge in [0, 0.05) is 0 Å². The van der Waals surface area contributed by atoms with Gasteiger partial charge >= 0.3 is 0 Å². The summed E-state index contributed by atoms with van der Waals surface area (Å²) in [6.45, 7) is 1.55. The fourth-order valence-electron chi connectivity index (χ4n) is 1.71. The van der Waals surface area contributed by atoms with Gasteiger partial charge in [0.05, 0.1) is 12.1 Å². The molecule has 3 atom stereocenters. The third kappa shape index (κ3) is 3.32. The molecule has 0 spiro atoms. The quantitative estimate of drug-likeness (QED) is 0.622. The van der Waals surface area contributed by atoms with Gasteiger partial charge in [0.15, 0.2) is 0 Å². The summed E-state index contributed by atoms with van der Waals surface area (Å²) in [7, 11) is 0. The second-order valence-corrected chi connectivity index (χ2v) is 4.72. The molecule has 0 aliphatic heterocycles. The number of hydrogen-bond donors (Lipinski definition) is 4. The summed E-state index contributed by atoms with van der Waals surface area (Å²) < 4.78 is 5.38. The Morgan fingerprint density at radius 3 is 2.35 bits per heavy atom. The average molecular weight is 278 g/mol. The van der Waals surface area contributed by atoms with Gasteiger partial charge in [-0.2, -0.15) is 0 Å². The molecule has 6 N–H and O–H groups in total. The van der Waals surface area contributed by atoms with E-state index in [2.05, 4.69) is 10.2 Å². The third-order valence-electron chi connectivity index (χ3n) is 2.97. The minimum atomic E-state index is -0.781. The van der Waals surface area contributed by atoms with Crippen molar-refractivity contribution in [1.82, 2.24) is 10.2 Å². The minimum absolute atomic E-state index is 0.163. The van der Waals surface area contributed by atoms with Gasteiger partial charge in [-0.25, -0.2) is 0 Å². The molecule has 20 heavy (non-hydrogen) atoms. The second-order valence-electron chi connectivity index (χ2n) is 4.72. The first-order chi connectivity index (χ1) is 9.47. The van der Waals surface area contributed by atoms with Crippen molar-refractivity contribution < 1.29 is 14.6 Å². The van der Waals surface area contributed by atoms with Gasteiger partial charge in [0.25, 0.3) is 0 Å². The predicted octanol–water partition coefficient (Wildman–Crippen LogP) is 0.398. The lowest BCUT2D eigenvalue weighted by molar-refractivity contribution is 0.149. The molecule has 0 amide bonds. The van der Waals surface area contributed by atoms with E-state index in [9.17, 15) is 10.2 Å². The predicted molar refractivity (Wildman–Crippen MR) is 71.6 cm³/mol. The molecule has 0 radical (unpaired) electrons. The summed E-state index contributed by atoms with van der Waals surface area (Å²) in [5.41, 5.74) is 12.6. The summed E-state index contributed by atoms with van der Waals surface area (Å²) >= 11 is 0. The largest absolute Gasteiger partial charge is 0.508 e. The van der Waals surface area contributed by atoms with Crippen LogP contribution in [0.25, 0.3) is 0 Å². The van der Waals surface area contributed by atoms with Crippen LogP contribution in [0.15, 0.2) is 28.7 Å². The van der Waals surface area contributed by atoms with Crippen LogP contribution < -0.4 is 11.5 Å². The summed E-state index contributed by atoms with van der Waals surface area (Å²) in [5.74, 6) is 0.630. The molecule has 0 aliphatic rings. The van der Waals surface area contributed by atoms with Crippen molar-refractivity contribution in [3.8, 4) is 5.75 Å². The van der Waals surface area contributed by atoms with Crippen LogP contribution >= 0.6 is 0 Å². The highest BCUT2D eigenvalue weighted by Crippen LogP contribution is 2.19. The van der Waals surface area contributed by atoms with E-state index in [0.29, 0.717) is 6.42 Å². The standard InChI is InChI=1S/C13H18N4O3/c1-7(18)11(15)13-17-16-12(20-13)10(14)6-8-2-4-9(19)5-3-8/h2-5,7,10-11,18-19H,6,14-15H2,1H3/t7?,10-,11-/m0/s1. The Hall–Kier alpha value is -1.96. The second kappa shape index (κ2) is 6.00. The molecule has 2 aromatic rings. The number of aliphatic hydroxyl groups is 1. The number of benzene rings is 1. The van der Waals surface area contributed by atoms with Gasteiger partial charge in [-0.1, -0.05) is 12.1 Å². The zero-order valence-corrected chi connectivity index (χ0v) is 11.1. The SMILES string of the molecule is CC(O)[C@H](N)c1nnc([C@@H](N)Cc2ccc(O)cc2)o1. The number of phenols is 1. The fourth-order valence-corrected chi connectivity index (χ4v) is 1.71. The molecule has 0 saturated heterocycles. The zero-order chi connectivity index (χ0) is 14.7. The van der Waals surface area contributed by atoms with Crippen molar-refractivity contribution in [2.24, 2.45) is 11.5 Å². The molecule has 0 saturated carbocycles. The van der Waals surface area contributed by atoms with E-state index in [1.165, 1.54) is 0 Å². The van der Waals surface area contributed by atoms with Gasteiger partial charge < -0.3 is 26.1 Å². The van der Waals surface area contributed by atoms with Crippen molar-refractivity contribution in [1.29, 1.82) is 0 Å². The molecule has 1 unspecified atom stereocenters. The third-order valence-corrected chi connectivity index (χ3v) is 2.97. The average Bonchev–Trinajstić information content (AvgIpc) is 2.90. The van der Waals surface area contributed by atoms with E-state index in [0.717, 1.165) is 5.56 Å².